The van der Waals surface area contributed by atoms with E-state index in [9.17, 15) is 4.79 Å². The summed E-state index contributed by atoms with van der Waals surface area (Å²) in [6.07, 6.45) is 3.34. The quantitative estimate of drug-likeness (QED) is 0.696. The van der Waals surface area contributed by atoms with Gasteiger partial charge in [-0.15, -0.1) is 0 Å². The average molecular weight is 190 g/mol. The molecule has 14 heavy (non-hydrogen) atoms. The first-order valence-electron chi connectivity index (χ1n) is 4.24. The fourth-order valence-corrected chi connectivity index (χ4v) is 1.53. The van der Waals surface area contributed by atoms with Crippen LogP contribution in [0.15, 0.2) is 18.5 Å². The van der Waals surface area contributed by atoms with Gasteiger partial charge in [0.25, 0.3) is 0 Å². The highest BCUT2D eigenvalue weighted by Crippen LogP contribution is 2.21. The van der Waals surface area contributed by atoms with E-state index in [-0.39, 0.29) is 5.97 Å². The van der Waals surface area contributed by atoms with Gasteiger partial charge < -0.3 is 9.72 Å². The van der Waals surface area contributed by atoms with Crippen LogP contribution in [0.2, 0.25) is 0 Å². The van der Waals surface area contributed by atoms with Crippen LogP contribution in [0.5, 0.6) is 0 Å². The Morgan fingerprint density at radius 2 is 2.36 bits per heavy atom. The Morgan fingerprint density at radius 1 is 1.57 bits per heavy atom. The topological polar surface area (TPSA) is 55.0 Å². The molecule has 2 heterocycles. The highest BCUT2D eigenvalue weighted by molar-refractivity contribution is 6.05. The lowest BCUT2D eigenvalue weighted by molar-refractivity contribution is 0.0602. The Hall–Kier alpha value is -1.84. The van der Waals surface area contributed by atoms with Crippen molar-refractivity contribution in [1.29, 1.82) is 0 Å². The summed E-state index contributed by atoms with van der Waals surface area (Å²) >= 11 is 0. The number of nitrogens with zero attached hydrogens (tertiary/aromatic N) is 1. The monoisotopic (exact) mass is 190 g/mol. The van der Waals surface area contributed by atoms with Gasteiger partial charge in [0, 0.05) is 29.0 Å². The second kappa shape index (κ2) is 3.14. The molecule has 2 aromatic rings. The molecular formula is C10H10N2O2. The first-order chi connectivity index (χ1) is 6.74. The number of ether oxygens (including phenoxy) is 1. The van der Waals surface area contributed by atoms with Crippen molar-refractivity contribution in [3.05, 3.63) is 29.7 Å². The van der Waals surface area contributed by atoms with E-state index >= 15 is 0 Å². The minimum Gasteiger partial charge on any atom is -0.465 e. The van der Waals surface area contributed by atoms with E-state index in [1.165, 1.54) is 7.11 Å². The Kier molecular flexibility index (Phi) is 1.96. The van der Waals surface area contributed by atoms with Crippen LogP contribution in [0.25, 0.3) is 10.9 Å². The molecule has 0 fully saturated rings. The molecule has 0 aliphatic carbocycles. The molecule has 0 aliphatic rings. The van der Waals surface area contributed by atoms with Crippen LogP contribution in [0.3, 0.4) is 0 Å². The number of fused-ring (bicyclic) bond motifs is 1. The molecule has 4 heteroatoms. The molecule has 2 rings (SSSR count). The van der Waals surface area contributed by atoms with E-state index in [4.69, 9.17) is 4.74 Å². The number of aromatic nitrogens is 2. The number of aromatic amines is 1. The van der Waals surface area contributed by atoms with Crippen molar-refractivity contribution in [1.82, 2.24) is 9.97 Å². The van der Waals surface area contributed by atoms with Crippen molar-refractivity contribution in [3.8, 4) is 0 Å². The number of carbonyl (C=O) groups excluding carboxylic acids is 1. The molecule has 0 aromatic carbocycles. The summed E-state index contributed by atoms with van der Waals surface area (Å²) in [5.41, 5.74) is 2.27. The molecule has 0 saturated carbocycles. The lowest BCUT2D eigenvalue weighted by Gasteiger charge is -1.97. The second-order valence-corrected chi connectivity index (χ2v) is 3.04. The summed E-state index contributed by atoms with van der Waals surface area (Å²) in [6, 6.07) is 1.83. The van der Waals surface area contributed by atoms with E-state index in [0.29, 0.717) is 5.56 Å². The number of pyridine rings is 1. The second-order valence-electron chi connectivity index (χ2n) is 3.04. The molecule has 0 saturated heterocycles. The SMILES string of the molecule is COC(=O)c1c(C)[nH]c2ccncc12. The zero-order valence-electron chi connectivity index (χ0n) is 8.00. The molecule has 1 N–H and O–H groups in total. The lowest BCUT2D eigenvalue weighted by atomic mass is 10.2. The number of methoxy groups -OCH3 is 1. The van der Waals surface area contributed by atoms with E-state index in [0.717, 1.165) is 16.6 Å². The van der Waals surface area contributed by atoms with Gasteiger partial charge in [-0.3, -0.25) is 4.98 Å². The van der Waals surface area contributed by atoms with Gasteiger partial charge in [0.05, 0.1) is 12.7 Å². The van der Waals surface area contributed by atoms with Crippen LogP contribution in [-0.2, 0) is 4.74 Å². The molecule has 0 radical (unpaired) electrons. The van der Waals surface area contributed by atoms with Crippen LogP contribution in [0.4, 0.5) is 0 Å². The third-order valence-corrected chi connectivity index (χ3v) is 2.18. The maximum atomic E-state index is 11.4. The van der Waals surface area contributed by atoms with Gasteiger partial charge in [0.1, 0.15) is 0 Å². The highest BCUT2D eigenvalue weighted by Gasteiger charge is 2.15. The largest absolute Gasteiger partial charge is 0.465 e. The number of hydrogen-bond acceptors (Lipinski definition) is 3. The van der Waals surface area contributed by atoms with Gasteiger partial charge in [-0.1, -0.05) is 0 Å². The van der Waals surface area contributed by atoms with Crippen molar-refractivity contribution >= 4 is 16.9 Å². The normalized spacial score (nSPS) is 10.4. The minimum absolute atomic E-state index is 0.332. The predicted octanol–water partition coefficient (Wildman–Crippen LogP) is 1.66. The van der Waals surface area contributed by atoms with Gasteiger partial charge in [0.15, 0.2) is 0 Å². The van der Waals surface area contributed by atoms with Crippen LogP contribution in [0.1, 0.15) is 16.1 Å². The van der Waals surface area contributed by atoms with E-state index in [1.54, 1.807) is 12.4 Å². The maximum Gasteiger partial charge on any atom is 0.340 e. The van der Waals surface area contributed by atoms with Crippen LogP contribution >= 0.6 is 0 Å². The van der Waals surface area contributed by atoms with Gasteiger partial charge in [-0.05, 0) is 13.0 Å². The number of nitrogens with one attached hydrogen (secondary N) is 1. The molecule has 0 spiro atoms. The van der Waals surface area contributed by atoms with Gasteiger partial charge >= 0.3 is 5.97 Å². The van der Waals surface area contributed by atoms with Crippen molar-refractivity contribution in [3.63, 3.8) is 0 Å². The summed E-state index contributed by atoms with van der Waals surface area (Å²) < 4.78 is 4.70. The van der Waals surface area contributed by atoms with Gasteiger partial charge in [-0.2, -0.15) is 0 Å². The zero-order valence-corrected chi connectivity index (χ0v) is 8.00. The average Bonchev–Trinajstić information content (AvgIpc) is 2.53. The summed E-state index contributed by atoms with van der Waals surface area (Å²) in [4.78, 5) is 18.5. The third kappa shape index (κ3) is 1.16. The smallest absolute Gasteiger partial charge is 0.340 e. The molecule has 0 bridgehead atoms. The Balaban J connectivity index is 2.74. The first-order valence-corrected chi connectivity index (χ1v) is 4.24. The predicted molar refractivity (Wildman–Crippen MR) is 52.2 cm³/mol. The zero-order chi connectivity index (χ0) is 10.1. The number of carbonyl (C=O) groups is 1. The van der Waals surface area contributed by atoms with Crippen LogP contribution < -0.4 is 0 Å². The van der Waals surface area contributed by atoms with E-state index < -0.39 is 0 Å². The van der Waals surface area contributed by atoms with Crippen molar-refractivity contribution in [2.75, 3.05) is 7.11 Å². The fourth-order valence-electron chi connectivity index (χ4n) is 1.53. The van der Waals surface area contributed by atoms with Crippen LogP contribution in [-0.4, -0.2) is 23.0 Å². The van der Waals surface area contributed by atoms with Gasteiger partial charge in [-0.25, -0.2) is 4.79 Å². The van der Waals surface area contributed by atoms with Crippen molar-refractivity contribution in [2.24, 2.45) is 0 Å². The third-order valence-electron chi connectivity index (χ3n) is 2.18. The first kappa shape index (κ1) is 8.74. The number of rotatable bonds is 1. The molecule has 4 nitrogen and oxygen atoms in total. The van der Waals surface area contributed by atoms with Gasteiger partial charge in [0.2, 0.25) is 0 Å². The highest BCUT2D eigenvalue weighted by atomic mass is 16.5. The molecule has 72 valence electrons. The van der Waals surface area contributed by atoms with Crippen molar-refractivity contribution in [2.45, 2.75) is 6.92 Å². The summed E-state index contributed by atoms with van der Waals surface area (Å²) in [7, 11) is 1.37. The number of hydrogen-bond donors (Lipinski definition) is 1. The Morgan fingerprint density at radius 3 is 3.07 bits per heavy atom. The lowest BCUT2D eigenvalue weighted by Crippen LogP contribution is -2.01. The summed E-state index contributed by atoms with van der Waals surface area (Å²) in [6.45, 7) is 1.84. The minimum atomic E-state index is -0.332. The molecule has 0 atom stereocenters. The number of aryl methyl sites for hydroxylation is 1. The van der Waals surface area contributed by atoms with E-state index in [1.807, 2.05) is 13.0 Å². The standard InChI is InChI=1S/C10H10N2O2/c1-6-9(10(13)14-2)7-5-11-4-3-8(7)12-6/h3-5,12H,1-2H3. The molecular weight excluding hydrogens is 180 g/mol. The van der Waals surface area contributed by atoms with Crippen LogP contribution in [0, 0.1) is 6.92 Å². The molecule has 0 aliphatic heterocycles. The van der Waals surface area contributed by atoms with E-state index in [2.05, 4.69) is 9.97 Å². The fraction of sp³-hybridized carbons (Fsp3) is 0.200. The molecule has 2 aromatic heterocycles. The molecule has 0 amide bonds. The van der Waals surface area contributed by atoms with Crippen molar-refractivity contribution < 1.29 is 9.53 Å². The maximum absolute atomic E-state index is 11.4. The Bertz CT molecular complexity index is 488. The number of esters is 1. The molecule has 0 unspecified atom stereocenters. The summed E-state index contributed by atoms with van der Waals surface area (Å²) in [5.74, 6) is -0.332. The summed E-state index contributed by atoms with van der Waals surface area (Å²) in [5, 5.41) is 0.803. The Labute approximate surface area is 80.9 Å². The number of H-pyrrole nitrogens is 1.